The van der Waals surface area contributed by atoms with E-state index in [4.69, 9.17) is 0 Å². The van der Waals surface area contributed by atoms with E-state index in [0.717, 1.165) is 18.5 Å². The molecule has 0 bridgehead atoms. The summed E-state index contributed by atoms with van der Waals surface area (Å²) >= 11 is 0. The number of nitrogens with zero attached hydrogens (tertiary/aromatic N) is 1. The van der Waals surface area contributed by atoms with Crippen LogP contribution in [0.3, 0.4) is 0 Å². The molecule has 0 aliphatic carbocycles. The third-order valence-corrected chi connectivity index (χ3v) is 5.58. The lowest BCUT2D eigenvalue weighted by Gasteiger charge is -2.51. The van der Waals surface area contributed by atoms with Gasteiger partial charge in [0.15, 0.2) is 0 Å². The monoisotopic (exact) mass is 335 g/mol. The molecule has 1 atom stereocenters. The van der Waals surface area contributed by atoms with Gasteiger partial charge in [0, 0.05) is 23.6 Å². The minimum Gasteiger partial charge on any atom is -0.307 e. The van der Waals surface area contributed by atoms with Crippen LogP contribution in [-0.2, 0) is 16.6 Å². The maximum absolute atomic E-state index is 12.4. The molecule has 1 aliphatic rings. The number of hydrogen-bond donors (Lipinski definition) is 0. The van der Waals surface area contributed by atoms with Crippen LogP contribution < -0.4 is 4.90 Å². The van der Waals surface area contributed by atoms with Gasteiger partial charge in [-0.25, -0.2) is 0 Å². The summed E-state index contributed by atoms with van der Waals surface area (Å²) in [6, 6.07) is 17.5. The quantitative estimate of drug-likeness (QED) is 0.727. The maximum atomic E-state index is 12.4. The molecule has 0 radical (unpaired) electrons. The van der Waals surface area contributed by atoms with Gasteiger partial charge in [0.1, 0.15) is 0 Å². The van der Waals surface area contributed by atoms with Crippen molar-refractivity contribution >= 4 is 11.6 Å². The van der Waals surface area contributed by atoms with Gasteiger partial charge in [-0.1, -0.05) is 62.7 Å². The first kappa shape index (κ1) is 17.7. The van der Waals surface area contributed by atoms with Crippen LogP contribution in [0.2, 0.25) is 0 Å². The molecule has 132 valence electrons. The van der Waals surface area contributed by atoms with E-state index in [-0.39, 0.29) is 16.9 Å². The topological polar surface area (TPSA) is 20.3 Å². The van der Waals surface area contributed by atoms with Crippen LogP contribution in [0, 0.1) is 0 Å². The van der Waals surface area contributed by atoms with Gasteiger partial charge in [0.2, 0.25) is 5.91 Å². The van der Waals surface area contributed by atoms with Crippen LogP contribution in [0.4, 0.5) is 5.69 Å². The average molecular weight is 335 g/mol. The molecule has 0 spiro atoms. The minimum atomic E-state index is -0.225. The molecule has 1 heterocycles. The van der Waals surface area contributed by atoms with Crippen molar-refractivity contribution in [3.05, 3.63) is 65.2 Å². The lowest BCUT2D eigenvalue weighted by molar-refractivity contribution is -0.117. The second-order valence-electron chi connectivity index (χ2n) is 8.14. The summed E-state index contributed by atoms with van der Waals surface area (Å²) in [5.74, 6) is 0.109. The number of benzene rings is 2. The molecule has 25 heavy (non-hydrogen) atoms. The van der Waals surface area contributed by atoms with Gasteiger partial charge in [0.25, 0.3) is 0 Å². The molecule has 0 saturated heterocycles. The summed E-state index contributed by atoms with van der Waals surface area (Å²) in [6.07, 6.45) is 3.20. The highest BCUT2D eigenvalue weighted by Crippen LogP contribution is 2.50. The van der Waals surface area contributed by atoms with Gasteiger partial charge in [-0.15, -0.1) is 0 Å². The number of hydrogen-bond acceptors (Lipinski definition) is 1. The lowest BCUT2D eigenvalue weighted by atomic mass is 9.65. The van der Waals surface area contributed by atoms with Gasteiger partial charge < -0.3 is 4.90 Å². The molecule has 0 aromatic heterocycles. The zero-order valence-electron chi connectivity index (χ0n) is 16.1. The highest BCUT2D eigenvalue weighted by molar-refractivity contribution is 5.95. The number of carbonyl (C=O) groups is 1. The smallest absolute Gasteiger partial charge is 0.224 e. The van der Waals surface area contributed by atoms with Crippen LogP contribution in [-0.4, -0.2) is 11.4 Å². The fourth-order valence-electron chi connectivity index (χ4n) is 4.68. The molecular formula is C23H29NO. The number of carbonyl (C=O) groups excluding carboxylic acids is 1. The van der Waals surface area contributed by atoms with Gasteiger partial charge in [0.05, 0.1) is 0 Å². The van der Waals surface area contributed by atoms with E-state index in [2.05, 4.69) is 70.2 Å². The normalized spacial score (nSPS) is 21.7. The van der Waals surface area contributed by atoms with Crippen LogP contribution in [0.15, 0.2) is 48.5 Å². The summed E-state index contributed by atoms with van der Waals surface area (Å²) in [5, 5.41) is 0. The number of rotatable bonds is 3. The lowest BCUT2D eigenvalue weighted by Crippen LogP contribution is -2.55. The second kappa shape index (κ2) is 6.33. The van der Waals surface area contributed by atoms with Gasteiger partial charge in [-0.3, -0.25) is 4.79 Å². The Bertz CT molecular complexity index is 775. The zero-order valence-corrected chi connectivity index (χ0v) is 16.1. The molecule has 3 rings (SSSR count). The highest BCUT2D eigenvalue weighted by atomic mass is 16.2. The summed E-state index contributed by atoms with van der Waals surface area (Å²) in [4.78, 5) is 14.3. The van der Waals surface area contributed by atoms with E-state index < -0.39 is 0 Å². The van der Waals surface area contributed by atoms with Gasteiger partial charge in [-0.05, 0) is 49.4 Å². The van der Waals surface area contributed by atoms with Crippen molar-refractivity contribution < 1.29 is 4.79 Å². The average Bonchev–Trinajstić information content (AvgIpc) is 2.54. The van der Waals surface area contributed by atoms with Crippen molar-refractivity contribution in [3.8, 4) is 0 Å². The van der Waals surface area contributed by atoms with Crippen molar-refractivity contribution in [2.24, 2.45) is 0 Å². The highest BCUT2D eigenvalue weighted by Gasteiger charge is 2.46. The van der Waals surface area contributed by atoms with Crippen molar-refractivity contribution in [3.63, 3.8) is 0 Å². The molecule has 0 N–H and O–H groups in total. The fourth-order valence-corrected chi connectivity index (χ4v) is 4.68. The van der Waals surface area contributed by atoms with Crippen molar-refractivity contribution in [2.45, 2.75) is 64.8 Å². The standard InChI is InChI=1S/C23H29NO/c1-6-9-18-12-14-19(15-13-18)23(5)16-22(3,4)24(17(2)25)21-11-8-7-10-20(21)23/h7-8,10-15H,6,9,16H2,1-5H3. The van der Waals surface area contributed by atoms with Gasteiger partial charge in [-0.2, -0.15) is 0 Å². The fraction of sp³-hybridized carbons (Fsp3) is 0.435. The van der Waals surface area contributed by atoms with Crippen LogP contribution in [0.5, 0.6) is 0 Å². The Morgan fingerprint density at radius 1 is 1.04 bits per heavy atom. The van der Waals surface area contributed by atoms with Crippen LogP contribution in [0.1, 0.15) is 64.2 Å². The van der Waals surface area contributed by atoms with E-state index in [1.165, 1.54) is 23.1 Å². The predicted octanol–water partition coefficient (Wildman–Crippen LogP) is 5.48. The largest absolute Gasteiger partial charge is 0.307 e. The number of fused-ring (bicyclic) bond motifs is 1. The molecule has 0 saturated carbocycles. The molecule has 2 heteroatoms. The first-order chi connectivity index (χ1) is 11.8. The SMILES string of the molecule is CCCc1ccc(C2(C)CC(C)(C)N(C(C)=O)c3ccccc32)cc1. The van der Waals surface area contributed by atoms with E-state index in [1.54, 1.807) is 6.92 Å². The molecule has 2 aromatic carbocycles. The molecule has 2 nitrogen and oxygen atoms in total. The molecule has 1 amide bonds. The van der Waals surface area contributed by atoms with Crippen molar-refractivity contribution in [1.82, 2.24) is 0 Å². The molecule has 1 unspecified atom stereocenters. The Balaban J connectivity index is 2.15. The Morgan fingerprint density at radius 3 is 2.28 bits per heavy atom. The van der Waals surface area contributed by atoms with Crippen LogP contribution in [0.25, 0.3) is 0 Å². The molecule has 0 fully saturated rings. The van der Waals surface area contributed by atoms with E-state index >= 15 is 0 Å². The number of amides is 1. The summed E-state index contributed by atoms with van der Waals surface area (Å²) in [5.41, 5.74) is 4.69. The van der Waals surface area contributed by atoms with E-state index in [0.29, 0.717) is 0 Å². The number of para-hydroxylation sites is 1. The summed E-state index contributed by atoms with van der Waals surface area (Å²) in [6.45, 7) is 10.5. The summed E-state index contributed by atoms with van der Waals surface area (Å²) < 4.78 is 0. The Morgan fingerprint density at radius 2 is 1.68 bits per heavy atom. The Hall–Kier alpha value is -2.09. The van der Waals surface area contributed by atoms with Crippen molar-refractivity contribution in [2.75, 3.05) is 4.90 Å². The summed E-state index contributed by atoms with van der Waals surface area (Å²) in [7, 11) is 0. The number of aryl methyl sites for hydroxylation is 1. The first-order valence-corrected chi connectivity index (χ1v) is 9.29. The third kappa shape index (κ3) is 2.99. The molecule has 1 aliphatic heterocycles. The Labute approximate surface area is 151 Å². The third-order valence-electron chi connectivity index (χ3n) is 5.58. The van der Waals surface area contributed by atoms with Crippen LogP contribution >= 0.6 is 0 Å². The molecular weight excluding hydrogens is 306 g/mol. The minimum absolute atomic E-state index is 0.100. The molecule has 2 aromatic rings. The zero-order chi connectivity index (χ0) is 18.2. The Kier molecular flexibility index (Phi) is 4.49. The first-order valence-electron chi connectivity index (χ1n) is 9.29. The maximum Gasteiger partial charge on any atom is 0.224 e. The van der Waals surface area contributed by atoms with E-state index in [9.17, 15) is 4.79 Å². The predicted molar refractivity (Wildman–Crippen MR) is 105 cm³/mol. The van der Waals surface area contributed by atoms with Gasteiger partial charge >= 0.3 is 0 Å². The number of anilines is 1. The van der Waals surface area contributed by atoms with E-state index in [1.807, 2.05) is 11.0 Å². The van der Waals surface area contributed by atoms with Crippen molar-refractivity contribution in [1.29, 1.82) is 0 Å². The second-order valence-corrected chi connectivity index (χ2v) is 8.14.